The van der Waals surface area contributed by atoms with Crippen LogP contribution >= 0.6 is 0 Å². The largest absolute Gasteiger partial charge is 0.429 e. The van der Waals surface area contributed by atoms with Gasteiger partial charge in [0.2, 0.25) is 11.7 Å². The Labute approximate surface area is 136 Å². The highest BCUT2D eigenvalue weighted by Crippen LogP contribution is 2.50. The van der Waals surface area contributed by atoms with E-state index in [-0.39, 0.29) is 11.1 Å². The third-order valence-electron chi connectivity index (χ3n) is 5.05. The van der Waals surface area contributed by atoms with E-state index in [1.165, 1.54) is 4.90 Å². The summed E-state index contributed by atoms with van der Waals surface area (Å²) in [5.41, 5.74) is 5.24. The smallest absolute Gasteiger partial charge is 0.387 e. The number of anilines is 1. The van der Waals surface area contributed by atoms with Gasteiger partial charge in [-0.3, -0.25) is 4.79 Å². The second-order valence-corrected chi connectivity index (χ2v) is 6.55. The molecule has 1 amide bonds. The van der Waals surface area contributed by atoms with Crippen molar-refractivity contribution in [3.63, 3.8) is 0 Å². The summed E-state index contributed by atoms with van der Waals surface area (Å²) in [5.74, 6) is -4.29. The monoisotopic (exact) mass is 346 g/mol. The summed E-state index contributed by atoms with van der Waals surface area (Å²) in [4.78, 5) is 13.3. The molecular weight excluding hydrogens is 328 g/mol. The van der Waals surface area contributed by atoms with E-state index in [9.17, 15) is 22.4 Å². The highest BCUT2D eigenvalue weighted by molar-refractivity contribution is 5.85. The number of rotatable bonds is 4. The summed E-state index contributed by atoms with van der Waals surface area (Å²) < 4.78 is 56.9. The topological polar surface area (TPSA) is 55.6 Å². The molecule has 8 heteroatoms. The van der Waals surface area contributed by atoms with Gasteiger partial charge >= 0.3 is 6.61 Å². The summed E-state index contributed by atoms with van der Waals surface area (Å²) in [7, 11) is 0. The first-order chi connectivity index (χ1) is 11.3. The van der Waals surface area contributed by atoms with Crippen LogP contribution in [0.3, 0.4) is 0 Å². The molecule has 0 bridgehead atoms. The molecule has 24 heavy (non-hydrogen) atoms. The van der Waals surface area contributed by atoms with Crippen LogP contribution in [0.4, 0.5) is 23.2 Å². The molecule has 1 aliphatic heterocycles. The number of ether oxygens (including phenoxy) is 1. The molecule has 2 N–H and O–H groups in total. The molecule has 2 aliphatic rings. The number of carbonyl (C=O) groups excluding carboxylic acids is 1. The number of benzene rings is 1. The summed E-state index contributed by atoms with van der Waals surface area (Å²) in [6.45, 7) is -2.93. The summed E-state index contributed by atoms with van der Waals surface area (Å²) >= 11 is 0. The van der Waals surface area contributed by atoms with Crippen molar-refractivity contribution in [1.82, 2.24) is 0 Å². The molecule has 3 rings (SSSR count). The molecule has 1 aliphatic carbocycles. The average molecular weight is 346 g/mol. The van der Waals surface area contributed by atoms with Crippen LogP contribution in [0, 0.1) is 17.0 Å². The summed E-state index contributed by atoms with van der Waals surface area (Å²) in [6.07, 6.45) is 4.29. The molecule has 1 atom stereocenters. The van der Waals surface area contributed by atoms with Gasteiger partial charge in [-0.05, 0) is 36.8 Å². The first kappa shape index (κ1) is 16.9. The molecule has 1 aromatic carbocycles. The van der Waals surface area contributed by atoms with E-state index < -0.39 is 35.9 Å². The number of primary amides is 1. The minimum Gasteiger partial charge on any atom is -0.429 e. The quantitative estimate of drug-likeness (QED) is 0.852. The zero-order valence-corrected chi connectivity index (χ0v) is 12.9. The molecule has 1 heterocycles. The highest BCUT2D eigenvalue weighted by atomic mass is 19.3. The number of nitrogens with two attached hydrogens (primary N) is 1. The Bertz CT molecular complexity index is 647. The second kappa shape index (κ2) is 6.14. The van der Waals surface area contributed by atoms with Crippen molar-refractivity contribution in [2.75, 3.05) is 11.4 Å². The van der Waals surface area contributed by atoms with E-state index in [1.807, 2.05) is 0 Å². The maximum atomic E-state index is 14.0. The van der Waals surface area contributed by atoms with Gasteiger partial charge in [0, 0.05) is 6.54 Å². The van der Waals surface area contributed by atoms with Crippen LogP contribution in [-0.4, -0.2) is 25.1 Å². The fraction of sp³-hybridized carbons (Fsp3) is 0.562. The van der Waals surface area contributed by atoms with E-state index in [1.54, 1.807) is 0 Å². The van der Waals surface area contributed by atoms with Crippen molar-refractivity contribution in [1.29, 1.82) is 0 Å². The van der Waals surface area contributed by atoms with Gasteiger partial charge in [0.05, 0.1) is 5.69 Å². The lowest BCUT2D eigenvalue weighted by atomic mass is 9.84. The molecule has 2 fully saturated rings. The molecule has 1 saturated carbocycles. The van der Waals surface area contributed by atoms with Gasteiger partial charge in [0.1, 0.15) is 6.04 Å². The number of nitrogens with zero attached hydrogens (tertiary/aromatic N) is 1. The van der Waals surface area contributed by atoms with Gasteiger partial charge in [-0.2, -0.15) is 13.2 Å². The minimum atomic E-state index is -3.31. The molecule has 1 spiro atoms. The van der Waals surface area contributed by atoms with Crippen LogP contribution in [0.25, 0.3) is 0 Å². The summed E-state index contributed by atoms with van der Waals surface area (Å²) in [5, 5.41) is 0. The van der Waals surface area contributed by atoms with Crippen LogP contribution in [0.15, 0.2) is 12.1 Å². The normalized spacial score (nSPS) is 22.5. The number of hydrogen-bond acceptors (Lipinski definition) is 3. The van der Waals surface area contributed by atoms with Gasteiger partial charge in [0.15, 0.2) is 11.6 Å². The number of hydrogen-bond donors (Lipinski definition) is 1. The Kier molecular flexibility index (Phi) is 4.31. The summed E-state index contributed by atoms with van der Waals surface area (Å²) in [6, 6.07) is 1.23. The Balaban J connectivity index is 2.02. The Morgan fingerprint density at radius 1 is 1.29 bits per heavy atom. The predicted octanol–water partition coefficient (Wildman–Crippen LogP) is 3.19. The van der Waals surface area contributed by atoms with E-state index in [2.05, 4.69) is 4.74 Å². The predicted molar refractivity (Wildman–Crippen MR) is 78.8 cm³/mol. The van der Waals surface area contributed by atoms with Gasteiger partial charge < -0.3 is 15.4 Å². The Hall–Kier alpha value is -1.99. The molecular formula is C16H18F4N2O2. The van der Waals surface area contributed by atoms with Crippen molar-refractivity contribution in [3.8, 4) is 5.75 Å². The van der Waals surface area contributed by atoms with Crippen molar-refractivity contribution in [2.24, 2.45) is 11.1 Å². The zero-order valence-electron chi connectivity index (χ0n) is 12.9. The number of alkyl halides is 2. The molecule has 0 aromatic heterocycles. The lowest BCUT2D eigenvalue weighted by molar-refractivity contribution is -0.119. The van der Waals surface area contributed by atoms with Crippen molar-refractivity contribution in [3.05, 3.63) is 23.8 Å². The molecule has 1 unspecified atom stereocenters. The third-order valence-corrected chi connectivity index (χ3v) is 5.05. The molecule has 0 radical (unpaired) electrons. The van der Waals surface area contributed by atoms with E-state index >= 15 is 0 Å². The van der Waals surface area contributed by atoms with Crippen LogP contribution < -0.4 is 15.4 Å². The average Bonchev–Trinajstić information content (AvgIpc) is 3.12. The van der Waals surface area contributed by atoms with Crippen molar-refractivity contribution < 1.29 is 27.1 Å². The van der Waals surface area contributed by atoms with Gasteiger partial charge in [-0.25, -0.2) is 4.39 Å². The Morgan fingerprint density at radius 2 is 1.96 bits per heavy atom. The first-order valence-corrected chi connectivity index (χ1v) is 7.82. The maximum Gasteiger partial charge on any atom is 0.387 e. The van der Waals surface area contributed by atoms with Gasteiger partial charge in [-0.1, -0.05) is 12.8 Å². The first-order valence-electron chi connectivity index (χ1n) is 7.82. The molecule has 1 aromatic rings. The van der Waals surface area contributed by atoms with Gasteiger partial charge in [0.25, 0.3) is 0 Å². The van der Waals surface area contributed by atoms with Crippen molar-refractivity contribution in [2.45, 2.75) is 44.8 Å². The van der Waals surface area contributed by atoms with Crippen molar-refractivity contribution >= 4 is 11.6 Å². The van der Waals surface area contributed by atoms with E-state index in [0.717, 1.165) is 37.8 Å². The number of carbonyl (C=O) groups is 1. The van der Waals surface area contributed by atoms with Crippen LogP contribution in [0.2, 0.25) is 0 Å². The molecule has 4 nitrogen and oxygen atoms in total. The SMILES string of the molecule is NC(=O)C1CC2(CCCC2)CN1c1ccc(F)c(F)c1OC(F)F. The van der Waals surface area contributed by atoms with E-state index in [4.69, 9.17) is 5.73 Å². The lowest BCUT2D eigenvalue weighted by Gasteiger charge is -2.28. The molecule has 1 saturated heterocycles. The minimum absolute atomic E-state index is 0.0678. The highest BCUT2D eigenvalue weighted by Gasteiger charge is 2.48. The van der Waals surface area contributed by atoms with Gasteiger partial charge in [-0.15, -0.1) is 0 Å². The lowest BCUT2D eigenvalue weighted by Crippen LogP contribution is -2.40. The second-order valence-electron chi connectivity index (χ2n) is 6.55. The zero-order chi connectivity index (χ0) is 17.5. The van der Waals surface area contributed by atoms with E-state index in [0.29, 0.717) is 13.0 Å². The number of halogens is 4. The van der Waals surface area contributed by atoms with Crippen LogP contribution in [0.1, 0.15) is 32.1 Å². The molecule has 132 valence electrons. The van der Waals surface area contributed by atoms with Crippen LogP contribution in [-0.2, 0) is 4.79 Å². The van der Waals surface area contributed by atoms with Crippen LogP contribution in [0.5, 0.6) is 5.75 Å². The third kappa shape index (κ3) is 2.89. The number of amides is 1. The standard InChI is InChI=1S/C16H18F4N2O2/c17-9-3-4-10(13(12(9)18)24-15(19)20)22-8-16(5-1-2-6-16)7-11(22)14(21)23/h3-4,11,15H,1-2,5-8H2,(H2,21,23). The maximum absolute atomic E-state index is 14.0. The fourth-order valence-corrected chi connectivity index (χ4v) is 4.00. The fourth-order valence-electron chi connectivity index (χ4n) is 4.00. The Morgan fingerprint density at radius 3 is 2.54 bits per heavy atom.